The van der Waals surface area contributed by atoms with Crippen LogP contribution in [-0.2, 0) is 6.54 Å². The van der Waals surface area contributed by atoms with Gasteiger partial charge in [0.05, 0.1) is 0 Å². The minimum absolute atomic E-state index is 0.558. The first-order valence-electron chi connectivity index (χ1n) is 8.79. The van der Waals surface area contributed by atoms with Crippen molar-refractivity contribution in [2.45, 2.75) is 25.3 Å². The first kappa shape index (κ1) is 17.0. The first-order chi connectivity index (χ1) is 11.7. The summed E-state index contributed by atoms with van der Waals surface area (Å²) in [4.78, 5) is 4.67. The van der Waals surface area contributed by atoms with Gasteiger partial charge in [-0.1, -0.05) is 18.2 Å². The molecule has 24 heavy (non-hydrogen) atoms. The Hall–Kier alpha value is -1.85. The molecule has 5 nitrogen and oxygen atoms in total. The number of likely N-dealkylation sites (N-methyl/N-ethyl adjacent to an activating group) is 1. The van der Waals surface area contributed by atoms with Gasteiger partial charge in [-0.3, -0.25) is 10.00 Å². The van der Waals surface area contributed by atoms with E-state index in [9.17, 15) is 0 Å². The number of hydrogen-bond acceptors (Lipinski definition) is 4. The molecule has 0 saturated carbocycles. The van der Waals surface area contributed by atoms with Gasteiger partial charge in [0.15, 0.2) is 0 Å². The molecule has 0 aliphatic carbocycles. The zero-order chi connectivity index (χ0) is 16.8. The zero-order valence-corrected chi connectivity index (χ0v) is 14.7. The molecule has 5 heteroatoms. The van der Waals surface area contributed by atoms with Crippen LogP contribution in [0, 0.1) is 0 Å². The van der Waals surface area contributed by atoms with E-state index in [0.29, 0.717) is 5.92 Å². The molecule has 2 heterocycles. The van der Waals surface area contributed by atoms with Crippen LogP contribution in [0.25, 0.3) is 0 Å². The third kappa shape index (κ3) is 4.58. The second-order valence-corrected chi connectivity index (χ2v) is 6.85. The van der Waals surface area contributed by atoms with E-state index < -0.39 is 0 Å². The fraction of sp³-hybridized carbons (Fsp3) is 0.526. The average Bonchev–Trinajstić information content (AvgIpc) is 3.11. The molecule has 1 aromatic heterocycles. The zero-order valence-electron chi connectivity index (χ0n) is 14.7. The number of aromatic amines is 1. The van der Waals surface area contributed by atoms with E-state index >= 15 is 0 Å². The van der Waals surface area contributed by atoms with E-state index in [-0.39, 0.29) is 0 Å². The van der Waals surface area contributed by atoms with Crippen LogP contribution in [0.2, 0.25) is 0 Å². The maximum absolute atomic E-state index is 6.00. The average molecular weight is 328 g/mol. The summed E-state index contributed by atoms with van der Waals surface area (Å²) in [6.07, 6.45) is 4.31. The Balaban J connectivity index is 1.60. The van der Waals surface area contributed by atoms with Gasteiger partial charge in [-0.2, -0.15) is 5.10 Å². The van der Waals surface area contributed by atoms with Gasteiger partial charge in [0.25, 0.3) is 0 Å². The number of likely N-dealkylation sites (tertiary alicyclic amines) is 1. The number of benzene rings is 1. The third-order valence-corrected chi connectivity index (χ3v) is 4.63. The molecule has 2 aromatic rings. The van der Waals surface area contributed by atoms with Crippen molar-refractivity contribution in [1.29, 1.82) is 0 Å². The highest BCUT2D eigenvalue weighted by Gasteiger charge is 2.22. The van der Waals surface area contributed by atoms with E-state index in [1.54, 1.807) is 0 Å². The van der Waals surface area contributed by atoms with Crippen molar-refractivity contribution in [3.63, 3.8) is 0 Å². The monoisotopic (exact) mass is 328 g/mol. The molecular formula is C19H28N4O. The van der Waals surface area contributed by atoms with Crippen LogP contribution in [0.3, 0.4) is 0 Å². The van der Waals surface area contributed by atoms with Crippen LogP contribution in [0.1, 0.15) is 30.0 Å². The maximum atomic E-state index is 6.00. The number of ether oxygens (including phenoxy) is 1. The number of para-hydroxylation sites is 1. The molecule has 0 bridgehead atoms. The van der Waals surface area contributed by atoms with E-state index in [0.717, 1.165) is 38.5 Å². The Morgan fingerprint density at radius 3 is 2.96 bits per heavy atom. The number of piperidine rings is 1. The minimum atomic E-state index is 0.558. The lowest BCUT2D eigenvalue weighted by atomic mass is 9.94. The second kappa shape index (κ2) is 8.31. The van der Waals surface area contributed by atoms with Crippen molar-refractivity contribution in [2.75, 3.05) is 40.3 Å². The van der Waals surface area contributed by atoms with Gasteiger partial charge in [0, 0.05) is 43.0 Å². The third-order valence-electron chi connectivity index (χ3n) is 4.63. The van der Waals surface area contributed by atoms with Crippen molar-refractivity contribution in [1.82, 2.24) is 20.0 Å². The van der Waals surface area contributed by atoms with Gasteiger partial charge in [0.2, 0.25) is 0 Å². The Morgan fingerprint density at radius 1 is 1.29 bits per heavy atom. The largest absolute Gasteiger partial charge is 0.492 e. The number of nitrogens with zero attached hydrogens (tertiary/aromatic N) is 3. The summed E-state index contributed by atoms with van der Waals surface area (Å²) in [5, 5.41) is 7.24. The summed E-state index contributed by atoms with van der Waals surface area (Å²) in [6.45, 7) is 4.83. The lowest BCUT2D eigenvalue weighted by Gasteiger charge is -2.32. The minimum Gasteiger partial charge on any atom is -0.492 e. The molecule has 0 unspecified atom stereocenters. The molecule has 1 atom stereocenters. The van der Waals surface area contributed by atoms with Crippen LogP contribution in [0.4, 0.5) is 0 Å². The molecule has 1 aromatic carbocycles. The van der Waals surface area contributed by atoms with Crippen LogP contribution >= 0.6 is 0 Å². The van der Waals surface area contributed by atoms with E-state index in [2.05, 4.69) is 64.4 Å². The number of aromatic nitrogens is 2. The molecule has 1 N–H and O–H groups in total. The maximum Gasteiger partial charge on any atom is 0.123 e. The number of nitrogens with one attached hydrogen (secondary N) is 1. The Labute approximate surface area is 144 Å². The number of H-pyrrole nitrogens is 1. The van der Waals surface area contributed by atoms with Crippen molar-refractivity contribution < 1.29 is 4.74 Å². The van der Waals surface area contributed by atoms with Gasteiger partial charge in [0.1, 0.15) is 12.4 Å². The summed E-state index contributed by atoms with van der Waals surface area (Å²) >= 11 is 0. The van der Waals surface area contributed by atoms with Gasteiger partial charge in [-0.15, -0.1) is 0 Å². The van der Waals surface area contributed by atoms with Gasteiger partial charge in [-0.25, -0.2) is 0 Å². The quantitative estimate of drug-likeness (QED) is 0.849. The second-order valence-electron chi connectivity index (χ2n) is 6.85. The molecule has 1 aliphatic rings. The lowest BCUT2D eigenvalue weighted by Crippen LogP contribution is -2.34. The Bertz CT molecular complexity index is 612. The van der Waals surface area contributed by atoms with Crippen molar-refractivity contribution in [3.8, 4) is 5.75 Å². The van der Waals surface area contributed by atoms with Gasteiger partial charge < -0.3 is 9.64 Å². The van der Waals surface area contributed by atoms with Crippen LogP contribution in [-0.4, -0.2) is 60.3 Å². The summed E-state index contributed by atoms with van der Waals surface area (Å²) in [7, 11) is 4.14. The van der Waals surface area contributed by atoms with Crippen LogP contribution in [0.5, 0.6) is 5.75 Å². The highest BCUT2D eigenvalue weighted by atomic mass is 16.5. The van der Waals surface area contributed by atoms with E-state index in [1.165, 1.54) is 24.1 Å². The van der Waals surface area contributed by atoms with Crippen molar-refractivity contribution >= 4 is 0 Å². The lowest BCUT2D eigenvalue weighted by molar-refractivity contribution is 0.193. The fourth-order valence-corrected chi connectivity index (χ4v) is 3.30. The standard InChI is InChI=1S/C19H28N4O/c1-22(2)12-13-24-19-8-4-3-6-17(19)15-23-11-5-7-16(14-23)18-9-10-20-21-18/h3-4,6,8-10,16H,5,7,11-15H2,1-2H3,(H,20,21)/t16-/m0/s1. The highest BCUT2D eigenvalue weighted by molar-refractivity contribution is 5.33. The highest BCUT2D eigenvalue weighted by Crippen LogP contribution is 2.28. The summed E-state index contributed by atoms with van der Waals surface area (Å²) in [5.74, 6) is 1.58. The fourth-order valence-electron chi connectivity index (χ4n) is 3.30. The van der Waals surface area contributed by atoms with Crippen molar-refractivity contribution in [3.05, 3.63) is 47.8 Å². The summed E-state index contributed by atoms with van der Waals surface area (Å²) < 4.78 is 6.00. The van der Waals surface area contributed by atoms with Gasteiger partial charge >= 0.3 is 0 Å². The van der Waals surface area contributed by atoms with E-state index in [1.807, 2.05) is 6.20 Å². The number of hydrogen-bond donors (Lipinski definition) is 1. The predicted molar refractivity (Wildman–Crippen MR) is 96.3 cm³/mol. The Kier molecular flexibility index (Phi) is 5.88. The molecule has 0 spiro atoms. The normalized spacial score (nSPS) is 18.9. The predicted octanol–water partition coefficient (Wildman–Crippen LogP) is 2.73. The topological polar surface area (TPSA) is 44.4 Å². The number of rotatable bonds is 7. The smallest absolute Gasteiger partial charge is 0.123 e. The Morgan fingerprint density at radius 2 is 2.17 bits per heavy atom. The molecule has 1 fully saturated rings. The SMILES string of the molecule is CN(C)CCOc1ccccc1CN1CCC[C@H](c2ccn[nH]2)C1. The van der Waals surface area contributed by atoms with Crippen LogP contribution < -0.4 is 4.74 Å². The molecule has 1 saturated heterocycles. The van der Waals surface area contributed by atoms with Crippen LogP contribution in [0.15, 0.2) is 36.5 Å². The molecule has 3 rings (SSSR count). The molecule has 1 aliphatic heterocycles. The molecule has 130 valence electrons. The molecule has 0 amide bonds. The molecule has 0 radical (unpaired) electrons. The molecular weight excluding hydrogens is 300 g/mol. The summed E-state index contributed by atoms with van der Waals surface area (Å²) in [5.41, 5.74) is 2.54. The van der Waals surface area contributed by atoms with E-state index in [4.69, 9.17) is 4.74 Å². The summed E-state index contributed by atoms with van der Waals surface area (Å²) in [6, 6.07) is 10.5. The van der Waals surface area contributed by atoms with Crippen molar-refractivity contribution in [2.24, 2.45) is 0 Å². The first-order valence-corrected chi connectivity index (χ1v) is 8.79. The van der Waals surface area contributed by atoms with Gasteiger partial charge in [-0.05, 0) is 45.6 Å².